The summed E-state index contributed by atoms with van der Waals surface area (Å²) >= 11 is 0. The van der Waals surface area contributed by atoms with Gasteiger partial charge in [-0.15, -0.1) is 0 Å². The Kier molecular flexibility index (Phi) is 14.1. The lowest BCUT2D eigenvalue weighted by Gasteiger charge is -2.25. The van der Waals surface area contributed by atoms with E-state index in [1.165, 1.54) is 0 Å². The van der Waals surface area contributed by atoms with Gasteiger partial charge in [0.15, 0.2) is 0 Å². The SMILES string of the molecule is CCC(C)C(N)C(=O)NC(CC(=O)O)C(=O)NC(CC(N)=O)C(=O)NC(CCCCN)C(=O)O. The lowest BCUT2D eigenvalue weighted by atomic mass is 9.99. The second-order valence-electron chi connectivity index (χ2n) is 7.99. The van der Waals surface area contributed by atoms with Crippen LogP contribution in [0.3, 0.4) is 0 Å². The molecule has 5 unspecified atom stereocenters. The Morgan fingerprint density at radius 3 is 1.76 bits per heavy atom. The number of aliphatic carboxylic acids is 2. The Balaban J connectivity index is 5.53. The first-order valence-corrected chi connectivity index (χ1v) is 10.9. The van der Waals surface area contributed by atoms with E-state index < -0.39 is 72.6 Å². The van der Waals surface area contributed by atoms with Gasteiger partial charge in [-0.05, 0) is 31.7 Å². The zero-order valence-corrected chi connectivity index (χ0v) is 19.4. The first-order valence-electron chi connectivity index (χ1n) is 10.9. The van der Waals surface area contributed by atoms with Gasteiger partial charge in [-0.25, -0.2) is 4.79 Å². The number of nitrogens with two attached hydrogens (primary N) is 3. The van der Waals surface area contributed by atoms with Gasteiger partial charge < -0.3 is 43.4 Å². The standard InChI is InChI=1S/C20H36N6O8/c1-3-10(2)16(23)19(32)26-13(9-15(28)29)18(31)25-12(8-14(22)27)17(30)24-11(20(33)34)6-4-5-7-21/h10-13,16H,3-9,21,23H2,1-2H3,(H2,22,27)(H,24,30)(H,25,31)(H,26,32)(H,28,29)(H,33,34). The molecule has 0 heterocycles. The summed E-state index contributed by atoms with van der Waals surface area (Å²) in [7, 11) is 0. The second kappa shape index (κ2) is 15.6. The second-order valence-corrected chi connectivity index (χ2v) is 7.99. The molecule has 0 rings (SSSR count). The maximum Gasteiger partial charge on any atom is 0.326 e. The van der Waals surface area contributed by atoms with Crippen molar-refractivity contribution in [1.29, 1.82) is 0 Å². The number of carboxylic acids is 2. The third kappa shape index (κ3) is 11.6. The van der Waals surface area contributed by atoms with E-state index in [-0.39, 0.29) is 12.3 Å². The monoisotopic (exact) mass is 488 g/mol. The van der Waals surface area contributed by atoms with E-state index in [9.17, 15) is 33.9 Å². The molecule has 0 spiro atoms. The number of nitrogens with one attached hydrogen (secondary N) is 3. The topological polar surface area (TPSA) is 257 Å². The number of rotatable bonds is 17. The summed E-state index contributed by atoms with van der Waals surface area (Å²) in [6, 6.07) is -5.53. The van der Waals surface area contributed by atoms with Gasteiger partial charge in [-0.2, -0.15) is 0 Å². The first-order chi connectivity index (χ1) is 15.8. The maximum absolute atomic E-state index is 12.7. The number of primary amides is 1. The Hall–Kier alpha value is -3.26. The van der Waals surface area contributed by atoms with Gasteiger partial charge in [-0.1, -0.05) is 20.3 Å². The van der Waals surface area contributed by atoms with Gasteiger partial charge in [0.25, 0.3) is 0 Å². The number of hydrogen-bond donors (Lipinski definition) is 8. The fourth-order valence-corrected chi connectivity index (χ4v) is 2.87. The fourth-order valence-electron chi connectivity index (χ4n) is 2.87. The van der Waals surface area contributed by atoms with Crippen molar-refractivity contribution in [3.8, 4) is 0 Å². The molecule has 0 aliphatic carbocycles. The smallest absolute Gasteiger partial charge is 0.326 e. The molecule has 0 aromatic carbocycles. The lowest BCUT2D eigenvalue weighted by Crippen LogP contribution is -2.58. The van der Waals surface area contributed by atoms with E-state index in [0.717, 1.165) is 0 Å². The van der Waals surface area contributed by atoms with Crippen molar-refractivity contribution >= 4 is 35.6 Å². The highest BCUT2D eigenvalue weighted by molar-refractivity contribution is 5.97. The van der Waals surface area contributed by atoms with E-state index in [1.54, 1.807) is 13.8 Å². The van der Waals surface area contributed by atoms with E-state index in [2.05, 4.69) is 16.0 Å². The van der Waals surface area contributed by atoms with Crippen LogP contribution in [0.15, 0.2) is 0 Å². The highest BCUT2D eigenvalue weighted by Gasteiger charge is 2.32. The molecule has 0 radical (unpaired) electrons. The predicted molar refractivity (Wildman–Crippen MR) is 120 cm³/mol. The molecule has 194 valence electrons. The van der Waals surface area contributed by atoms with Crippen LogP contribution in [0.4, 0.5) is 0 Å². The summed E-state index contributed by atoms with van der Waals surface area (Å²) in [5.74, 6) is -6.84. The minimum absolute atomic E-state index is 0.0563. The molecule has 0 aliphatic rings. The molecule has 5 atom stereocenters. The Morgan fingerprint density at radius 1 is 0.824 bits per heavy atom. The molecule has 0 aliphatic heterocycles. The van der Waals surface area contributed by atoms with Gasteiger partial charge >= 0.3 is 11.9 Å². The summed E-state index contributed by atoms with van der Waals surface area (Å²) in [5, 5.41) is 25.1. The first kappa shape index (κ1) is 30.7. The van der Waals surface area contributed by atoms with Gasteiger partial charge in [0.2, 0.25) is 23.6 Å². The van der Waals surface area contributed by atoms with Gasteiger partial charge in [0.1, 0.15) is 18.1 Å². The highest BCUT2D eigenvalue weighted by Crippen LogP contribution is 2.07. The number of carbonyl (C=O) groups excluding carboxylic acids is 4. The number of carboxylic acid groups (broad SMARTS) is 2. The van der Waals surface area contributed by atoms with Gasteiger partial charge in [0, 0.05) is 0 Å². The van der Waals surface area contributed by atoms with Crippen molar-refractivity contribution in [1.82, 2.24) is 16.0 Å². The summed E-state index contributed by atoms with van der Waals surface area (Å²) in [6.45, 7) is 3.83. The minimum Gasteiger partial charge on any atom is -0.481 e. The van der Waals surface area contributed by atoms with Crippen molar-refractivity contribution in [2.45, 2.75) is 76.5 Å². The quantitative estimate of drug-likeness (QED) is 0.0988. The Bertz CT molecular complexity index is 747. The Labute approximate surface area is 197 Å². The third-order valence-electron chi connectivity index (χ3n) is 5.17. The van der Waals surface area contributed by atoms with Crippen molar-refractivity contribution in [3.63, 3.8) is 0 Å². The van der Waals surface area contributed by atoms with E-state index in [4.69, 9.17) is 22.3 Å². The number of amides is 4. The molecule has 0 aromatic heterocycles. The van der Waals surface area contributed by atoms with Crippen molar-refractivity contribution < 1.29 is 39.0 Å². The molecule has 0 saturated heterocycles. The van der Waals surface area contributed by atoms with E-state index >= 15 is 0 Å². The summed E-state index contributed by atoms with van der Waals surface area (Å²) in [5.41, 5.74) is 16.3. The summed E-state index contributed by atoms with van der Waals surface area (Å²) in [6.07, 6.45) is 0.0293. The molecule has 0 fully saturated rings. The molecule has 11 N–H and O–H groups in total. The molecule has 14 heteroatoms. The number of unbranched alkanes of at least 4 members (excludes halogenated alkanes) is 1. The molecule has 14 nitrogen and oxygen atoms in total. The lowest BCUT2D eigenvalue weighted by molar-refractivity contribution is -0.143. The van der Waals surface area contributed by atoms with E-state index in [1.807, 2.05) is 0 Å². The number of hydrogen-bond acceptors (Lipinski definition) is 8. The van der Waals surface area contributed by atoms with Crippen molar-refractivity contribution in [2.75, 3.05) is 6.54 Å². The zero-order valence-electron chi connectivity index (χ0n) is 19.4. The van der Waals surface area contributed by atoms with Crippen LogP contribution in [0.1, 0.15) is 52.4 Å². The van der Waals surface area contributed by atoms with Crippen LogP contribution in [-0.4, -0.2) is 76.5 Å². The minimum atomic E-state index is -1.61. The van der Waals surface area contributed by atoms with Crippen LogP contribution in [0, 0.1) is 5.92 Å². The van der Waals surface area contributed by atoms with Crippen LogP contribution >= 0.6 is 0 Å². The average Bonchev–Trinajstić information content (AvgIpc) is 2.75. The fraction of sp³-hybridized carbons (Fsp3) is 0.700. The Morgan fingerprint density at radius 2 is 1.32 bits per heavy atom. The molecule has 0 bridgehead atoms. The van der Waals surface area contributed by atoms with Crippen LogP contribution in [0.5, 0.6) is 0 Å². The summed E-state index contributed by atoms with van der Waals surface area (Å²) < 4.78 is 0. The highest BCUT2D eigenvalue weighted by atomic mass is 16.4. The van der Waals surface area contributed by atoms with Crippen LogP contribution in [0.2, 0.25) is 0 Å². The summed E-state index contributed by atoms with van der Waals surface area (Å²) in [4.78, 5) is 71.8. The third-order valence-corrected chi connectivity index (χ3v) is 5.17. The molecular formula is C20H36N6O8. The normalized spacial score (nSPS) is 15.2. The van der Waals surface area contributed by atoms with Crippen LogP contribution < -0.4 is 33.2 Å². The maximum atomic E-state index is 12.7. The molecular weight excluding hydrogens is 452 g/mol. The molecule has 0 aromatic rings. The van der Waals surface area contributed by atoms with Crippen LogP contribution in [0.25, 0.3) is 0 Å². The number of carbonyl (C=O) groups is 6. The molecule has 0 saturated carbocycles. The largest absolute Gasteiger partial charge is 0.481 e. The molecule has 4 amide bonds. The van der Waals surface area contributed by atoms with Crippen LogP contribution in [-0.2, 0) is 28.8 Å². The predicted octanol–water partition coefficient (Wildman–Crippen LogP) is -2.62. The average molecular weight is 489 g/mol. The zero-order chi connectivity index (χ0) is 26.4. The van der Waals surface area contributed by atoms with Gasteiger partial charge in [-0.3, -0.25) is 24.0 Å². The van der Waals surface area contributed by atoms with E-state index in [0.29, 0.717) is 25.8 Å². The van der Waals surface area contributed by atoms with Crippen molar-refractivity contribution in [2.24, 2.45) is 23.1 Å². The molecule has 34 heavy (non-hydrogen) atoms. The van der Waals surface area contributed by atoms with Crippen molar-refractivity contribution in [3.05, 3.63) is 0 Å². The van der Waals surface area contributed by atoms with Gasteiger partial charge in [0.05, 0.1) is 18.9 Å².